The van der Waals surface area contributed by atoms with Gasteiger partial charge in [-0.3, -0.25) is 0 Å². The maximum atomic E-state index is 14.9. The molecule has 4 aromatic rings. The van der Waals surface area contributed by atoms with Gasteiger partial charge < -0.3 is 15.5 Å². The van der Waals surface area contributed by atoms with Crippen molar-refractivity contribution in [1.82, 2.24) is 25.5 Å². The van der Waals surface area contributed by atoms with Crippen LogP contribution in [-0.2, 0) is 16.4 Å². The van der Waals surface area contributed by atoms with Crippen molar-refractivity contribution in [2.75, 3.05) is 5.73 Å². The van der Waals surface area contributed by atoms with Crippen LogP contribution in [-0.4, -0.2) is 39.9 Å². The van der Waals surface area contributed by atoms with Crippen molar-refractivity contribution in [3.8, 4) is 34.3 Å². The van der Waals surface area contributed by atoms with Gasteiger partial charge in [0.15, 0.2) is 21.3 Å². The van der Waals surface area contributed by atoms with Crippen LogP contribution in [0.15, 0.2) is 58.0 Å². The molecule has 11 heteroatoms. The largest absolute Gasteiger partial charge is 0.414 e. The van der Waals surface area contributed by atoms with Crippen molar-refractivity contribution in [3.63, 3.8) is 0 Å². The van der Waals surface area contributed by atoms with Gasteiger partial charge in [-0.2, -0.15) is 0 Å². The van der Waals surface area contributed by atoms with Crippen LogP contribution in [0.4, 0.5) is 10.2 Å². The van der Waals surface area contributed by atoms with Crippen LogP contribution in [0.2, 0.25) is 0 Å². The lowest BCUT2D eigenvalue weighted by molar-refractivity contribution is 0.522. The highest BCUT2D eigenvalue weighted by Crippen LogP contribution is 2.30. The monoisotopic (exact) mass is 536 g/mol. The predicted octanol–water partition coefficient (Wildman–Crippen LogP) is 4.80. The number of rotatable bonds is 8. The summed E-state index contributed by atoms with van der Waals surface area (Å²) in [7, 11) is -3.39. The Morgan fingerprint density at radius 1 is 1.08 bits per heavy atom. The quantitative estimate of drug-likeness (QED) is 0.325. The summed E-state index contributed by atoms with van der Waals surface area (Å²) in [5.74, 6) is -0.396. The van der Waals surface area contributed by atoms with E-state index < -0.39 is 20.9 Å². The van der Waals surface area contributed by atoms with E-state index >= 15 is 0 Å². The lowest BCUT2D eigenvalue weighted by Gasteiger charge is -2.12. The van der Waals surface area contributed by atoms with Gasteiger partial charge in [-0.05, 0) is 56.5 Å². The van der Waals surface area contributed by atoms with Gasteiger partial charge in [0.05, 0.1) is 27.6 Å². The van der Waals surface area contributed by atoms with E-state index in [4.69, 9.17) is 10.2 Å². The molecule has 2 aromatic heterocycles. The van der Waals surface area contributed by atoms with Crippen LogP contribution in [0.5, 0.6) is 0 Å². The van der Waals surface area contributed by atoms with Crippen molar-refractivity contribution < 1.29 is 17.2 Å². The molecule has 1 fully saturated rings. The number of nitrogens with two attached hydrogens (primary N) is 1. The fraction of sp³-hybridized carbons (Fsp3) is 0.333. The van der Waals surface area contributed by atoms with Crippen LogP contribution in [0.25, 0.3) is 34.3 Å². The summed E-state index contributed by atoms with van der Waals surface area (Å²) in [5.41, 5.74) is 8.28. The summed E-state index contributed by atoms with van der Waals surface area (Å²) in [6.45, 7) is 3.86. The molecule has 0 amide bonds. The lowest BCUT2D eigenvalue weighted by atomic mass is 10.1. The van der Waals surface area contributed by atoms with Crippen LogP contribution in [0, 0.1) is 5.82 Å². The number of halogens is 1. The van der Waals surface area contributed by atoms with E-state index in [1.54, 1.807) is 32.0 Å². The first-order valence-electron chi connectivity index (χ1n) is 12.6. The maximum Gasteiger partial charge on any atom is 0.270 e. The minimum atomic E-state index is -3.39. The van der Waals surface area contributed by atoms with E-state index in [0.717, 1.165) is 18.4 Å². The van der Waals surface area contributed by atoms with Gasteiger partial charge in [-0.1, -0.05) is 31.0 Å². The fourth-order valence-corrected chi connectivity index (χ4v) is 5.50. The van der Waals surface area contributed by atoms with Gasteiger partial charge in [-0.25, -0.2) is 22.8 Å². The highest BCUT2D eigenvalue weighted by atomic mass is 32.2. The number of nitrogens with zero attached hydrogens (tertiary/aromatic N) is 4. The summed E-state index contributed by atoms with van der Waals surface area (Å²) < 4.78 is 45.5. The number of anilines is 1. The average Bonchev–Trinajstić information content (AvgIpc) is 3.60. The molecule has 0 aliphatic heterocycles. The number of benzene rings is 2. The molecule has 0 saturated heterocycles. The van der Waals surface area contributed by atoms with Crippen molar-refractivity contribution in [1.29, 1.82) is 0 Å². The van der Waals surface area contributed by atoms with Crippen molar-refractivity contribution in [2.24, 2.45) is 0 Å². The smallest absolute Gasteiger partial charge is 0.270 e. The standard InChI is InChI=1S/C27H29FN6O3S/c1-16(2)38(35,36)20-10-8-18(9-11-20)23-15-31-25(29)24(32-23)27-34-33-26(37-27)21-12-7-17(13-22(21)28)14-30-19-5-3-4-6-19/h7-13,15-16,19,30H,3-6,14H2,1-2H3,(H2,29,31). The first kappa shape index (κ1) is 25.9. The van der Waals surface area contributed by atoms with E-state index in [-0.39, 0.29) is 33.8 Å². The second-order valence-electron chi connectivity index (χ2n) is 9.70. The Balaban J connectivity index is 1.37. The topological polar surface area (TPSA) is 137 Å². The number of nitrogen functional groups attached to an aromatic ring is 1. The fourth-order valence-electron chi connectivity index (χ4n) is 4.44. The Kier molecular flexibility index (Phi) is 7.22. The van der Waals surface area contributed by atoms with E-state index in [1.165, 1.54) is 37.2 Å². The first-order chi connectivity index (χ1) is 18.2. The van der Waals surface area contributed by atoms with Gasteiger partial charge >= 0.3 is 0 Å². The molecule has 38 heavy (non-hydrogen) atoms. The van der Waals surface area contributed by atoms with E-state index in [2.05, 4.69) is 25.5 Å². The second-order valence-corrected chi connectivity index (χ2v) is 12.2. The molecule has 1 saturated carbocycles. The van der Waals surface area contributed by atoms with Gasteiger partial charge in [0.1, 0.15) is 5.82 Å². The summed E-state index contributed by atoms with van der Waals surface area (Å²) in [5, 5.41) is 11.0. The molecule has 9 nitrogen and oxygen atoms in total. The van der Waals surface area contributed by atoms with Crippen LogP contribution < -0.4 is 11.1 Å². The molecule has 198 valence electrons. The molecule has 0 atom stereocenters. The molecule has 5 rings (SSSR count). The SMILES string of the molecule is CC(C)S(=O)(=O)c1ccc(-c2cnc(N)c(-c3nnc(-c4ccc(CNC5CCCC5)cc4F)o3)n2)cc1. The Hall–Kier alpha value is -3.70. The first-order valence-corrected chi connectivity index (χ1v) is 14.1. The Morgan fingerprint density at radius 2 is 1.79 bits per heavy atom. The summed E-state index contributed by atoms with van der Waals surface area (Å²) >= 11 is 0. The summed E-state index contributed by atoms with van der Waals surface area (Å²) in [6, 6.07) is 11.8. The third kappa shape index (κ3) is 5.30. The number of hydrogen-bond donors (Lipinski definition) is 2. The molecule has 2 aromatic carbocycles. The number of sulfone groups is 1. The Bertz CT molecular complexity index is 1550. The molecule has 0 radical (unpaired) electrons. The molecular weight excluding hydrogens is 507 g/mol. The van der Waals surface area contributed by atoms with Gasteiger partial charge in [-0.15, -0.1) is 10.2 Å². The zero-order chi connectivity index (χ0) is 26.9. The maximum absolute atomic E-state index is 14.9. The minimum Gasteiger partial charge on any atom is -0.414 e. The van der Waals surface area contributed by atoms with E-state index in [9.17, 15) is 12.8 Å². The van der Waals surface area contributed by atoms with Crippen LogP contribution in [0.3, 0.4) is 0 Å². The zero-order valence-corrected chi connectivity index (χ0v) is 22.0. The molecule has 0 spiro atoms. The Labute approximate surface area is 220 Å². The van der Waals surface area contributed by atoms with E-state index in [0.29, 0.717) is 23.8 Å². The van der Waals surface area contributed by atoms with Crippen LogP contribution >= 0.6 is 0 Å². The van der Waals surface area contributed by atoms with Gasteiger partial charge in [0.2, 0.25) is 0 Å². The van der Waals surface area contributed by atoms with Gasteiger partial charge in [0.25, 0.3) is 11.8 Å². The Morgan fingerprint density at radius 3 is 2.47 bits per heavy atom. The second kappa shape index (κ2) is 10.6. The number of nitrogens with one attached hydrogen (secondary N) is 1. The third-order valence-corrected chi connectivity index (χ3v) is 8.91. The molecule has 3 N–H and O–H groups in total. The summed E-state index contributed by atoms with van der Waals surface area (Å²) in [4.78, 5) is 8.92. The highest BCUT2D eigenvalue weighted by molar-refractivity contribution is 7.92. The third-order valence-electron chi connectivity index (χ3n) is 6.74. The van der Waals surface area contributed by atoms with Crippen molar-refractivity contribution in [2.45, 2.75) is 62.3 Å². The molecule has 1 aliphatic rings. The number of hydrogen-bond acceptors (Lipinski definition) is 9. The van der Waals surface area contributed by atoms with Crippen molar-refractivity contribution >= 4 is 15.7 Å². The normalized spacial score (nSPS) is 14.4. The zero-order valence-electron chi connectivity index (χ0n) is 21.2. The molecule has 2 heterocycles. The van der Waals surface area contributed by atoms with E-state index in [1.807, 2.05) is 6.07 Å². The van der Waals surface area contributed by atoms with Crippen molar-refractivity contribution in [3.05, 3.63) is 60.0 Å². The highest BCUT2D eigenvalue weighted by Gasteiger charge is 2.21. The predicted molar refractivity (Wildman–Crippen MR) is 142 cm³/mol. The lowest BCUT2D eigenvalue weighted by Crippen LogP contribution is -2.25. The minimum absolute atomic E-state index is 0.00245. The summed E-state index contributed by atoms with van der Waals surface area (Å²) in [6.07, 6.45) is 6.25. The number of aromatic nitrogens is 4. The van der Waals surface area contributed by atoms with Gasteiger partial charge in [0, 0.05) is 18.2 Å². The van der Waals surface area contributed by atoms with Crippen LogP contribution in [0.1, 0.15) is 45.1 Å². The molecule has 0 unspecified atom stereocenters. The molecule has 1 aliphatic carbocycles. The average molecular weight is 537 g/mol. The molecular formula is C27H29FN6O3S. The molecule has 0 bridgehead atoms.